The van der Waals surface area contributed by atoms with Gasteiger partial charge in [0.1, 0.15) is 0 Å². The highest BCUT2D eigenvalue weighted by Gasteiger charge is 2.46. The lowest BCUT2D eigenvalue weighted by molar-refractivity contribution is -0.141. The van der Waals surface area contributed by atoms with E-state index in [9.17, 15) is 9.59 Å². The maximum Gasteiger partial charge on any atom is 0.233 e. The van der Waals surface area contributed by atoms with Crippen LogP contribution in [0.1, 0.15) is 57.8 Å². The molecule has 4 rings (SSSR count). The zero-order chi connectivity index (χ0) is 18.0. The van der Waals surface area contributed by atoms with Crippen LogP contribution in [-0.2, 0) is 9.59 Å². The minimum absolute atomic E-state index is 0.252. The van der Waals surface area contributed by atoms with Crippen molar-refractivity contribution < 1.29 is 9.59 Å². The maximum atomic E-state index is 13.3. The number of nitrogens with zero attached hydrogens (tertiary/aromatic N) is 2. The van der Waals surface area contributed by atoms with Crippen LogP contribution in [0, 0.1) is 11.3 Å². The number of hydrogen-bond donors (Lipinski definition) is 0. The summed E-state index contributed by atoms with van der Waals surface area (Å²) in [6.45, 7) is 2.31. The van der Waals surface area contributed by atoms with E-state index in [-0.39, 0.29) is 11.3 Å². The summed E-state index contributed by atoms with van der Waals surface area (Å²) in [6, 6.07) is 10.0. The third-order valence-corrected chi connectivity index (χ3v) is 6.82. The van der Waals surface area contributed by atoms with Gasteiger partial charge in [0.2, 0.25) is 11.8 Å². The van der Waals surface area contributed by atoms with E-state index in [1.165, 1.54) is 25.7 Å². The fourth-order valence-corrected chi connectivity index (χ4v) is 5.16. The van der Waals surface area contributed by atoms with Crippen molar-refractivity contribution in [3.8, 4) is 0 Å². The first-order chi connectivity index (χ1) is 12.7. The van der Waals surface area contributed by atoms with E-state index in [0.717, 1.165) is 57.4 Å². The third-order valence-electron chi connectivity index (χ3n) is 6.82. The van der Waals surface area contributed by atoms with E-state index in [0.29, 0.717) is 11.8 Å². The molecule has 0 atom stereocenters. The Hall–Kier alpha value is -1.84. The molecule has 3 aliphatic rings. The Morgan fingerprint density at radius 3 is 2.35 bits per heavy atom. The van der Waals surface area contributed by atoms with E-state index in [4.69, 9.17) is 0 Å². The first-order valence-electron chi connectivity index (χ1n) is 10.3. The molecule has 3 fully saturated rings. The van der Waals surface area contributed by atoms with Gasteiger partial charge in [0.05, 0.1) is 5.41 Å². The molecule has 4 nitrogen and oxygen atoms in total. The van der Waals surface area contributed by atoms with E-state index in [1.54, 1.807) is 0 Å². The zero-order valence-electron chi connectivity index (χ0n) is 15.7. The van der Waals surface area contributed by atoms with Crippen LogP contribution in [0.2, 0.25) is 0 Å². The SMILES string of the molecule is O=C(CC1CCCC1)N1CCC2(CCCN(c3ccccc3)C2=O)CC1. The molecular formula is C22H30N2O2. The largest absolute Gasteiger partial charge is 0.343 e. The molecule has 1 aliphatic carbocycles. The number of amides is 2. The summed E-state index contributed by atoms with van der Waals surface area (Å²) in [6.07, 6.45) is 9.39. The lowest BCUT2D eigenvalue weighted by Crippen LogP contribution is -2.54. The van der Waals surface area contributed by atoms with Gasteiger partial charge in [0, 0.05) is 31.7 Å². The molecule has 0 unspecified atom stereocenters. The average molecular weight is 354 g/mol. The molecule has 2 amide bonds. The van der Waals surface area contributed by atoms with E-state index in [1.807, 2.05) is 40.1 Å². The summed E-state index contributed by atoms with van der Waals surface area (Å²) in [5, 5.41) is 0. The summed E-state index contributed by atoms with van der Waals surface area (Å²) in [7, 11) is 0. The third kappa shape index (κ3) is 3.38. The second kappa shape index (κ2) is 7.42. The highest BCUT2D eigenvalue weighted by Crippen LogP contribution is 2.42. The Bertz CT molecular complexity index is 643. The monoisotopic (exact) mass is 354 g/mol. The van der Waals surface area contributed by atoms with Gasteiger partial charge in [-0.3, -0.25) is 9.59 Å². The number of likely N-dealkylation sites (tertiary alicyclic amines) is 1. The number of benzene rings is 1. The smallest absolute Gasteiger partial charge is 0.233 e. The Kier molecular flexibility index (Phi) is 5.01. The highest BCUT2D eigenvalue weighted by molar-refractivity contribution is 5.98. The topological polar surface area (TPSA) is 40.6 Å². The minimum Gasteiger partial charge on any atom is -0.343 e. The van der Waals surface area contributed by atoms with Crippen molar-refractivity contribution in [2.75, 3.05) is 24.5 Å². The van der Waals surface area contributed by atoms with Gasteiger partial charge >= 0.3 is 0 Å². The van der Waals surface area contributed by atoms with Crippen LogP contribution in [0.25, 0.3) is 0 Å². The quantitative estimate of drug-likeness (QED) is 0.823. The number of rotatable bonds is 3. The minimum atomic E-state index is -0.252. The fraction of sp³-hybridized carbons (Fsp3) is 0.636. The maximum absolute atomic E-state index is 13.3. The molecule has 26 heavy (non-hydrogen) atoms. The summed E-state index contributed by atoms with van der Waals surface area (Å²) in [4.78, 5) is 29.9. The summed E-state index contributed by atoms with van der Waals surface area (Å²) >= 11 is 0. The normalized spacial score (nSPS) is 23.6. The van der Waals surface area contributed by atoms with Crippen LogP contribution in [0.15, 0.2) is 30.3 Å². The highest BCUT2D eigenvalue weighted by atomic mass is 16.2. The van der Waals surface area contributed by atoms with Gasteiger partial charge in [-0.25, -0.2) is 0 Å². The molecule has 2 saturated heterocycles. The van der Waals surface area contributed by atoms with Gasteiger partial charge in [-0.05, 0) is 56.6 Å². The first kappa shape index (κ1) is 17.6. The van der Waals surface area contributed by atoms with Crippen LogP contribution < -0.4 is 4.90 Å². The predicted molar refractivity (Wildman–Crippen MR) is 103 cm³/mol. The summed E-state index contributed by atoms with van der Waals surface area (Å²) in [5.41, 5.74) is 0.759. The molecule has 1 saturated carbocycles. The van der Waals surface area contributed by atoms with E-state index < -0.39 is 0 Å². The van der Waals surface area contributed by atoms with Crippen molar-refractivity contribution in [1.29, 1.82) is 0 Å². The van der Waals surface area contributed by atoms with Gasteiger partial charge in [-0.2, -0.15) is 0 Å². The Morgan fingerprint density at radius 1 is 0.962 bits per heavy atom. The average Bonchev–Trinajstić information content (AvgIpc) is 3.18. The Morgan fingerprint density at radius 2 is 1.65 bits per heavy atom. The molecule has 0 radical (unpaired) electrons. The van der Waals surface area contributed by atoms with Crippen molar-refractivity contribution in [2.24, 2.45) is 11.3 Å². The second-order valence-electron chi connectivity index (χ2n) is 8.41. The van der Waals surface area contributed by atoms with Crippen molar-refractivity contribution in [2.45, 2.75) is 57.8 Å². The number of hydrogen-bond acceptors (Lipinski definition) is 2. The zero-order valence-corrected chi connectivity index (χ0v) is 15.7. The van der Waals surface area contributed by atoms with Crippen LogP contribution in [0.3, 0.4) is 0 Å². The van der Waals surface area contributed by atoms with E-state index >= 15 is 0 Å². The van der Waals surface area contributed by atoms with Gasteiger partial charge in [-0.15, -0.1) is 0 Å². The lowest BCUT2D eigenvalue weighted by Gasteiger charge is -2.46. The molecule has 1 aromatic carbocycles. The number of anilines is 1. The summed E-state index contributed by atoms with van der Waals surface area (Å²) < 4.78 is 0. The Labute approximate surface area is 156 Å². The first-order valence-corrected chi connectivity index (χ1v) is 10.3. The van der Waals surface area contributed by atoms with Crippen molar-refractivity contribution in [1.82, 2.24) is 4.90 Å². The van der Waals surface area contributed by atoms with Crippen molar-refractivity contribution in [3.05, 3.63) is 30.3 Å². The van der Waals surface area contributed by atoms with Crippen LogP contribution >= 0.6 is 0 Å². The molecule has 2 aliphatic heterocycles. The summed E-state index contributed by atoms with van der Waals surface area (Å²) in [5.74, 6) is 1.19. The number of carbonyl (C=O) groups is 2. The van der Waals surface area contributed by atoms with Crippen LogP contribution in [-0.4, -0.2) is 36.3 Å². The lowest BCUT2D eigenvalue weighted by atomic mass is 9.71. The Balaban J connectivity index is 1.39. The predicted octanol–water partition coefficient (Wildman–Crippen LogP) is 4.00. The van der Waals surface area contributed by atoms with Gasteiger partial charge in [0.25, 0.3) is 0 Å². The number of carbonyl (C=O) groups excluding carboxylic acids is 2. The standard InChI is InChI=1S/C22H30N2O2/c25-20(17-18-7-4-5-8-18)23-15-12-22(13-16-23)11-6-14-24(21(22)26)19-9-2-1-3-10-19/h1-3,9-10,18H,4-8,11-17H2. The number of piperidine rings is 2. The molecular weight excluding hydrogens is 324 g/mol. The second-order valence-corrected chi connectivity index (χ2v) is 8.41. The number of para-hydroxylation sites is 1. The molecule has 140 valence electrons. The van der Waals surface area contributed by atoms with Crippen LogP contribution in [0.4, 0.5) is 5.69 Å². The fourth-order valence-electron chi connectivity index (χ4n) is 5.16. The van der Waals surface area contributed by atoms with Crippen molar-refractivity contribution >= 4 is 17.5 Å². The molecule has 0 N–H and O–H groups in total. The molecule has 0 aromatic heterocycles. The van der Waals surface area contributed by atoms with Gasteiger partial charge in [0.15, 0.2) is 0 Å². The van der Waals surface area contributed by atoms with E-state index in [2.05, 4.69) is 0 Å². The van der Waals surface area contributed by atoms with Gasteiger partial charge < -0.3 is 9.80 Å². The van der Waals surface area contributed by atoms with Crippen molar-refractivity contribution in [3.63, 3.8) is 0 Å². The molecule has 1 spiro atoms. The van der Waals surface area contributed by atoms with Crippen LogP contribution in [0.5, 0.6) is 0 Å². The molecule has 4 heteroatoms. The molecule has 2 heterocycles. The van der Waals surface area contributed by atoms with Gasteiger partial charge in [-0.1, -0.05) is 31.0 Å². The molecule has 1 aromatic rings. The molecule has 0 bridgehead atoms.